The van der Waals surface area contributed by atoms with Crippen molar-refractivity contribution in [3.8, 4) is 5.75 Å². The minimum atomic E-state index is -4.13. The Labute approximate surface area is 239 Å². The van der Waals surface area contributed by atoms with Gasteiger partial charge in [0.25, 0.3) is 10.0 Å². The van der Waals surface area contributed by atoms with Gasteiger partial charge < -0.3 is 15.0 Å². The van der Waals surface area contributed by atoms with E-state index in [1.54, 1.807) is 49.4 Å². The SMILES string of the molecule is CC[C@@H](C)NC(=O)[C@@H](C)N(Cc1ccc(Br)cc1)C(=O)CN(c1cccc(OC)c1)S(=O)(=O)c1ccccc1. The van der Waals surface area contributed by atoms with Crippen molar-refractivity contribution in [2.45, 2.75) is 50.7 Å². The van der Waals surface area contributed by atoms with Crippen LogP contribution < -0.4 is 14.4 Å². The monoisotopic (exact) mass is 615 g/mol. The highest BCUT2D eigenvalue weighted by atomic mass is 79.9. The van der Waals surface area contributed by atoms with E-state index in [0.29, 0.717) is 5.75 Å². The van der Waals surface area contributed by atoms with Crippen LogP contribution in [0.5, 0.6) is 5.75 Å². The Morgan fingerprint density at radius 1 is 0.974 bits per heavy atom. The highest BCUT2D eigenvalue weighted by Gasteiger charge is 2.32. The van der Waals surface area contributed by atoms with Gasteiger partial charge in [-0.2, -0.15) is 0 Å². The summed E-state index contributed by atoms with van der Waals surface area (Å²) in [6.45, 7) is 5.11. The summed E-state index contributed by atoms with van der Waals surface area (Å²) in [5.74, 6) is -0.387. The van der Waals surface area contributed by atoms with Crippen molar-refractivity contribution in [1.82, 2.24) is 10.2 Å². The minimum absolute atomic E-state index is 0.0441. The lowest BCUT2D eigenvalue weighted by Crippen LogP contribution is -2.52. The average molecular weight is 617 g/mol. The van der Waals surface area contributed by atoms with E-state index in [1.807, 2.05) is 38.1 Å². The van der Waals surface area contributed by atoms with Gasteiger partial charge in [-0.1, -0.05) is 59.3 Å². The van der Waals surface area contributed by atoms with Gasteiger partial charge in [0, 0.05) is 23.1 Å². The number of carbonyl (C=O) groups excluding carboxylic acids is 2. The molecular formula is C29H34BrN3O5S. The summed E-state index contributed by atoms with van der Waals surface area (Å²) in [6, 6.07) is 20.9. The van der Waals surface area contributed by atoms with E-state index in [2.05, 4.69) is 21.2 Å². The fourth-order valence-corrected chi connectivity index (χ4v) is 5.54. The summed E-state index contributed by atoms with van der Waals surface area (Å²) in [5.41, 5.74) is 1.07. The van der Waals surface area contributed by atoms with Gasteiger partial charge in [-0.05, 0) is 62.2 Å². The molecule has 0 saturated carbocycles. The van der Waals surface area contributed by atoms with E-state index >= 15 is 0 Å². The van der Waals surface area contributed by atoms with Gasteiger partial charge in [-0.25, -0.2) is 8.42 Å². The van der Waals surface area contributed by atoms with Crippen LogP contribution in [0.3, 0.4) is 0 Å². The molecule has 0 bridgehead atoms. The topological polar surface area (TPSA) is 96.0 Å². The number of hydrogen-bond donors (Lipinski definition) is 1. The summed E-state index contributed by atoms with van der Waals surface area (Å²) in [5, 5.41) is 2.93. The van der Waals surface area contributed by atoms with Gasteiger partial charge in [0.1, 0.15) is 18.3 Å². The molecule has 39 heavy (non-hydrogen) atoms. The molecule has 1 N–H and O–H groups in total. The van der Waals surface area contributed by atoms with E-state index in [1.165, 1.54) is 24.1 Å². The number of halogens is 1. The third-order valence-electron chi connectivity index (χ3n) is 6.39. The lowest BCUT2D eigenvalue weighted by atomic mass is 10.1. The van der Waals surface area contributed by atoms with Gasteiger partial charge in [-0.15, -0.1) is 0 Å². The van der Waals surface area contributed by atoms with E-state index in [9.17, 15) is 18.0 Å². The number of rotatable bonds is 12. The Kier molecular flexibility index (Phi) is 10.5. The van der Waals surface area contributed by atoms with Crippen LogP contribution >= 0.6 is 15.9 Å². The maximum Gasteiger partial charge on any atom is 0.264 e. The van der Waals surface area contributed by atoms with E-state index in [-0.39, 0.29) is 29.1 Å². The number of sulfonamides is 1. The number of methoxy groups -OCH3 is 1. The molecule has 0 unspecified atom stereocenters. The normalized spacial score (nSPS) is 12.7. The molecule has 2 amide bonds. The van der Waals surface area contributed by atoms with Gasteiger partial charge in [0.15, 0.2) is 0 Å². The number of hydrogen-bond acceptors (Lipinski definition) is 5. The number of amides is 2. The highest BCUT2D eigenvalue weighted by Crippen LogP contribution is 2.27. The molecule has 0 aliphatic heterocycles. The number of nitrogens with zero attached hydrogens (tertiary/aromatic N) is 2. The number of anilines is 1. The van der Waals surface area contributed by atoms with Crippen LogP contribution in [-0.4, -0.2) is 50.9 Å². The lowest BCUT2D eigenvalue weighted by Gasteiger charge is -2.32. The minimum Gasteiger partial charge on any atom is -0.497 e. The van der Waals surface area contributed by atoms with Crippen molar-refractivity contribution in [2.24, 2.45) is 0 Å². The quantitative estimate of drug-likeness (QED) is 0.310. The van der Waals surface area contributed by atoms with Gasteiger partial charge in [-0.3, -0.25) is 13.9 Å². The molecule has 3 aromatic rings. The summed E-state index contributed by atoms with van der Waals surface area (Å²) in [6.07, 6.45) is 0.734. The molecule has 0 aliphatic rings. The fourth-order valence-electron chi connectivity index (χ4n) is 3.85. The Morgan fingerprint density at radius 3 is 2.26 bits per heavy atom. The average Bonchev–Trinajstić information content (AvgIpc) is 2.95. The molecular weight excluding hydrogens is 582 g/mol. The molecule has 3 aromatic carbocycles. The first-order valence-electron chi connectivity index (χ1n) is 12.6. The van der Waals surface area contributed by atoms with Crippen LogP contribution in [0.25, 0.3) is 0 Å². The third-order valence-corrected chi connectivity index (χ3v) is 8.70. The fraction of sp³-hybridized carbons (Fsp3) is 0.310. The molecule has 0 fully saturated rings. The predicted molar refractivity (Wildman–Crippen MR) is 156 cm³/mol. The van der Waals surface area contributed by atoms with Crippen LogP contribution in [0.2, 0.25) is 0 Å². The molecule has 0 aliphatic carbocycles. The lowest BCUT2D eigenvalue weighted by molar-refractivity contribution is -0.139. The molecule has 0 radical (unpaired) electrons. The molecule has 0 heterocycles. The summed E-state index contributed by atoms with van der Waals surface area (Å²) >= 11 is 3.41. The van der Waals surface area contributed by atoms with Crippen LogP contribution in [0.1, 0.15) is 32.8 Å². The molecule has 2 atom stereocenters. The van der Waals surface area contributed by atoms with E-state index < -0.39 is 28.5 Å². The number of ether oxygens (including phenoxy) is 1. The zero-order chi connectivity index (χ0) is 28.6. The summed E-state index contributed by atoms with van der Waals surface area (Å²) in [4.78, 5) is 28.5. The molecule has 0 spiro atoms. The Balaban J connectivity index is 2.02. The molecule has 208 valence electrons. The van der Waals surface area contributed by atoms with Crippen molar-refractivity contribution < 1.29 is 22.7 Å². The van der Waals surface area contributed by atoms with Crippen LogP contribution in [0, 0.1) is 0 Å². The van der Waals surface area contributed by atoms with E-state index in [4.69, 9.17) is 4.74 Å². The second-order valence-corrected chi connectivity index (χ2v) is 11.9. The Bertz CT molecular complexity index is 1370. The van der Waals surface area contributed by atoms with Crippen molar-refractivity contribution in [2.75, 3.05) is 18.0 Å². The van der Waals surface area contributed by atoms with Crippen molar-refractivity contribution >= 4 is 43.5 Å². The second-order valence-electron chi connectivity index (χ2n) is 9.17. The Morgan fingerprint density at radius 2 is 1.64 bits per heavy atom. The maximum atomic E-state index is 13.9. The van der Waals surface area contributed by atoms with Gasteiger partial charge >= 0.3 is 0 Å². The number of benzene rings is 3. The summed E-state index contributed by atoms with van der Waals surface area (Å²) in [7, 11) is -2.65. The Hall–Kier alpha value is -3.37. The molecule has 10 heteroatoms. The molecule has 3 rings (SSSR count). The second kappa shape index (κ2) is 13.6. The highest BCUT2D eigenvalue weighted by molar-refractivity contribution is 9.10. The van der Waals surface area contributed by atoms with Crippen LogP contribution in [-0.2, 0) is 26.2 Å². The molecule has 0 aromatic heterocycles. The standard InChI is InChI=1S/C29H34BrN3O5S/c1-5-21(2)31-29(35)22(3)32(19-23-14-16-24(30)17-15-23)28(34)20-33(25-10-9-11-26(18-25)38-4)39(36,37)27-12-7-6-8-13-27/h6-18,21-22H,5,19-20H2,1-4H3,(H,31,35)/t21-,22-/m1/s1. The largest absolute Gasteiger partial charge is 0.497 e. The molecule has 8 nitrogen and oxygen atoms in total. The van der Waals surface area contributed by atoms with Crippen LogP contribution in [0.4, 0.5) is 5.69 Å². The van der Waals surface area contributed by atoms with Crippen molar-refractivity contribution in [1.29, 1.82) is 0 Å². The predicted octanol–water partition coefficient (Wildman–Crippen LogP) is 4.99. The van der Waals surface area contributed by atoms with Crippen molar-refractivity contribution in [3.63, 3.8) is 0 Å². The van der Waals surface area contributed by atoms with Gasteiger partial charge in [0.05, 0.1) is 17.7 Å². The third kappa shape index (κ3) is 7.83. The first kappa shape index (κ1) is 30.2. The first-order chi connectivity index (χ1) is 18.6. The van der Waals surface area contributed by atoms with E-state index in [0.717, 1.165) is 20.8 Å². The maximum absolute atomic E-state index is 13.9. The smallest absolute Gasteiger partial charge is 0.264 e. The van der Waals surface area contributed by atoms with Crippen LogP contribution in [0.15, 0.2) is 88.2 Å². The first-order valence-corrected chi connectivity index (χ1v) is 14.9. The number of nitrogens with one attached hydrogen (secondary N) is 1. The van der Waals surface area contributed by atoms with Crippen molar-refractivity contribution in [3.05, 3.63) is 88.9 Å². The number of carbonyl (C=O) groups is 2. The zero-order valence-corrected chi connectivity index (χ0v) is 24.9. The van der Waals surface area contributed by atoms with Gasteiger partial charge in [0.2, 0.25) is 11.8 Å². The zero-order valence-electron chi connectivity index (χ0n) is 22.5. The summed E-state index contributed by atoms with van der Waals surface area (Å²) < 4.78 is 34.9. The molecule has 0 saturated heterocycles.